The molecule has 2 heterocycles. The second kappa shape index (κ2) is 13.0. The van der Waals surface area contributed by atoms with Gasteiger partial charge in [-0.1, -0.05) is 54.2 Å². The molecule has 0 aliphatic heterocycles. The summed E-state index contributed by atoms with van der Waals surface area (Å²) in [4.78, 5) is 16.9. The third-order valence-electron chi connectivity index (χ3n) is 6.35. The van der Waals surface area contributed by atoms with E-state index < -0.39 is 17.6 Å². The SMILES string of the molecule is COc1ccc(CCNC(=O)c2coc(CSc3nnc(-c4ccccc4)n3-c3cccc(C(F)(F)F)c3)n2)cc1OC. The van der Waals surface area contributed by atoms with Crippen molar-refractivity contribution in [2.24, 2.45) is 0 Å². The molecule has 0 atom stereocenters. The van der Waals surface area contributed by atoms with Gasteiger partial charge in [0.1, 0.15) is 6.26 Å². The quantitative estimate of drug-likeness (QED) is 0.176. The van der Waals surface area contributed by atoms with E-state index in [9.17, 15) is 18.0 Å². The van der Waals surface area contributed by atoms with Crippen LogP contribution in [0.2, 0.25) is 0 Å². The summed E-state index contributed by atoms with van der Waals surface area (Å²) in [6.45, 7) is 0.355. The second-order valence-corrected chi connectivity index (χ2v) is 10.1. The molecule has 2 aromatic heterocycles. The zero-order chi connectivity index (χ0) is 30.4. The maximum absolute atomic E-state index is 13.5. The van der Waals surface area contributed by atoms with Gasteiger partial charge in [0.05, 0.1) is 31.2 Å². The van der Waals surface area contributed by atoms with Gasteiger partial charge in [-0.25, -0.2) is 4.98 Å². The summed E-state index contributed by atoms with van der Waals surface area (Å²) in [5.74, 6) is 1.60. The molecule has 9 nitrogen and oxygen atoms in total. The number of amides is 1. The van der Waals surface area contributed by atoms with E-state index in [1.54, 1.807) is 55.2 Å². The Bertz CT molecular complexity index is 1710. The summed E-state index contributed by atoms with van der Waals surface area (Å²) < 4.78 is 58.1. The number of oxazole rings is 1. The molecule has 0 spiro atoms. The maximum atomic E-state index is 13.5. The van der Waals surface area contributed by atoms with Crippen molar-refractivity contribution < 1.29 is 31.9 Å². The van der Waals surface area contributed by atoms with Crippen LogP contribution in [-0.4, -0.2) is 46.4 Å². The highest BCUT2D eigenvalue weighted by molar-refractivity contribution is 7.98. The Morgan fingerprint density at radius 3 is 2.51 bits per heavy atom. The third kappa shape index (κ3) is 7.00. The Kier molecular flexibility index (Phi) is 9.00. The van der Waals surface area contributed by atoms with Gasteiger partial charge >= 0.3 is 6.18 Å². The summed E-state index contributed by atoms with van der Waals surface area (Å²) in [6, 6.07) is 19.5. The average molecular weight is 610 g/mol. The van der Waals surface area contributed by atoms with Gasteiger partial charge < -0.3 is 19.2 Å². The molecule has 1 N–H and O–H groups in total. The molecular weight excluding hydrogens is 583 g/mol. The molecule has 1 amide bonds. The number of benzene rings is 3. The molecule has 13 heteroatoms. The topological polar surface area (TPSA) is 104 Å². The molecule has 5 rings (SSSR count). The van der Waals surface area contributed by atoms with Crippen LogP contribution >= 0.6 is 11.8 Å². The van der Waals surface area contributed by atoms with Crippen molar-refractivity contribution in [3.8, 4) is 28.6 Å². The highest BCUT2D eigenvalue weighted by Gasteiger charge is 2.31. The first-order valence-electron chi connectivity index (χ1n) is 13.0. The van der Waals surface area contributed by atoms with E-state index in [-0.39, 0.29) is 23.0 Å². The van der Waals surface area contributed by atoms with Crippen molar-refractivity contribution in [2.45, 2.75) is 23.5 Å². The van der Waals surface area contributed by atoms with Crippen molar-refractivity contribution in [3.05, 3.63) is 102 Å². The fourth-order valence-electron chi connectivity index (χ4n) is 4.25. The van der Waals surface area contributed by atoms with Crippen LogP contribution in [0.15, 0.2) is 88.6 Å². The van der Waals surface area contributed by atoms with E-state index in [1.807, 2.05) is 18.2 Å². The predicted molar refractivity (Wildman–Crippen MR) is 153 cm³/mol. The minimum Gasteiger partial charge on any atom is -0.493 e. The predicted octanol–water partition coefficient (Wildman–Crippen LogP) is 6.22. The van der Waals surface area contributed by atoms with Crippen molar-refractivity contribution in [2.75, 3.05) is 20.8 Å². The van der Waals surface area contributed by atoms with Gasteiger partial charge in [-0.2, -0.15) is 13.2 Å². The number of rotatable bonds is 11. The molecule has 0 saturated heterocycles. The molecule has 0 aliphatic rings. The number of thioether (sulfide) groups is 1. The Morgan fingerprint density at radius 2 is 1.77 bits per heavy atom. The minimum atomic E-state index is -4.51. The first-order valence-corrected chi connectivity index (χ1v) is 14.0. The van der Waals surface area contributed by atoms with Gasteiger partial charge in [0.15, 0.2) is 28.2 Å². The van der Waals surface area contributed by atoms with Crippen LogP contribution in [0.5, 0.6) is 11.5 Å². The van der Waals surface area contributed by atoms with E-state index in [2.05, 4.69) is 20.5 Å². The number of nitrogens with zero attached hydrogens (tertiary/aromatic N) is 4. The lowest BCUT2D eigenvalue weighted by Crippen LogP contribution is -2.26. The molecule has 43 heavy (non-hydrogen) atoms. The van der Waals surface area contributed by atoms with Crippen molar-refractivity contribution in [1.29, 1.82) is 0 Å². The standard InChI is InChI=1S/C30H26F3N5O4S/c1-40-24-12-11-19(15-25(24)41-2)13-14-34-28(39)23-17-42-26(35-23)18-43-29-37-36-27(20-7-4-3-5-8-20)38(29)22-10-6-9-21(16-22)30(31,32)33/h3-12,15-17H,13-14,18H2,1-2H3,(H,34,39). The minimum absolute atomic E-state index is 0.104. The summed E-state index contributed by atoms with van der Waals surface area (Å²) in [6.07, 6.45) is -2.70. The number of hydrogen-bond acceptors (Lipinski definition) is 8. The summed E-state index contributed by atoms with van der Waals surface area (Å²) in [5.41, 5.74) is 1.20. The van der Waals surface area contributed by atoms with E-state index in [0.717, 1.165) is 17.7 Å². The average Bonchev–Trinajstić information content (AvgIpc) is 3.67. The fourth-order valence-corrected chi connectivity index (χ4v) is 5.05. The van der Waals surface area contributed by atoms with Crippen molar-refractivity contribution >= 4 is 17.7 Å². The molecule has 222 valence electrons. The maximum Gasteiger partial charge on any atom is 0.416 e. The molecule has 0 radical (unpaired) electrons. The van der Waals surface area contributed by atoms with Gasteiger partial charge in [-0.15, -0.1) is 10.2 Å². The lowest BCUT2D eigenvalue weighted by Gasteiger charge is -2.13. The first-order chi connectivity index (χ1) is 20.8. The van der Waals surface area contributed by atoms with Crippen molar-refractivity contribution in [3.63, 3.8) is 0 Å². The molecule has 3 aromatic carbocycles. The van der Waals surface area contributed by atoms with Gasteiger partial charge in [0.2, 0.25) is 5.89 Å². The van der Waals surface area contributed by atoms with Crippen LogP contribution < -0.4 is 14.8 Å². The number of carbonyl (C=O) groups excluding carboxylic acids is 1. The van der Waals surface area contributed by atoms with Crippen LogP contribution in [0.4, 0.5) is 13.2 Å². The molecule has 5 aromatic rings. The molecule has 0 saturated carbocycles. The fraction of sp³-hybridized carbons (Fsp3) is 0.200. The van der Waals surface area contributed by atoms with Crippen LogP contribution in [-0.2, 0) is 18.3 Å². The third-order valence-corrected chi connectivity index (χ3v) is 7.27. The Morgan fingerprint density at radius 1 is 0.977 bits per heavy atom. The number of ether oxygens (including phenoxy) is 2. The van der Waals surface area contributed by atoms with E-state index >= 15 is 0 Å². The summed E-state index contributed by atoms with van der Waals surface area (Å²) >= 11 is 1.17. The number of hydrogen-bond donors (Lipinski definition) is 1. The van der Waals surface area contributed by atoms with Gasteiger partial charge in [0, 0.05) is 12.1 Å². The number of methoxy groups -OCH3 is 2. The number of halogens is 3. The van der Waals surface area contributed by atoms with E-state index in [0.29, 0.717) is 41.0 Å². The van der Waals surface area contributed by atoms with Crippen LogP contribution in [0.3, 0.4) is 0 Å². The first kappa shape index (κ1) is 29.7. The van der Waals surface area contributed by atoms with Crippen molar-refractivity contribution in [1.82, 2.24) is 25.1 Å². The van der Waals surface area contributed by atoms with Gasteiger partial charge in [0.25, 0.3) is 5.91 Å². The smallest absolute Gasteiger partial charge is 0.416 e. The zero-order valence-electron chi connectivity index (χ0n) is 23.1. The molecule has 0 aliphatic carbocycles. The van der Waals surface area contributed by atoms with Crippen LogP contribution in [0.25, 0.3) is 17.1 Å². The monoisotopic (exact) mass is 609 g/mol. The van der Waals surface area contributed by atoms with Gasteiger partial charge in [-0.05, 0) is 42.3 Å². The lowest BCUT2D eigenvalue weighted by atomic mass is 10.1. The number of alkyl halides is 3. The number of nitrogens with one attached hydrogen (secondary N) is 1. The Labute approximate surface area is 249 Å². The Hall–Kier alpha value is -4.78. The normalized spacial score (nSPS) is 11.4. The number of aromatic nitrogens is 4. The summed E-state index contributed by atoms with van der Waals surface area (Å²) in [7, 11) is 3.12. The molecule has 0 fully saturated rings. The Balaban J connectivity index is 1.28. The second-order valence-electron chi connectivity index (χ2n) is 9.17. The van der Waals surface area contributed by atoms with E-state index in [1.165, 1.54) is 24.1 Å². The van der Waals surface area contributed by atoms with E-state index in [4.69, 9.17) is 13.9 Å². The van der Waals surface area contributed by atoms with Crippen LogP contribution in [0, 0.1) is 0 Å². The highest BCUT2D eigenvalue weighted by Crippen LogP contribution is 2.34. The van der Waals surface area contributed by atoms with Crippen LogP contribution in [0.1, 0.15) is 27.5 Å². The molecule has 0 bridgehead atoms. The van der Waals surface area contributed by atoms with Gasteiger partial charge in [-0.3, -0.25) is 9.36 Å². The molecule has 0 unspecified atom stereocenters. The largest absolute Gasteiger partial charge is 0.493 e. The number of carbonyl (C=O) groups is 1. The molecular formula is C30H26F3N5O4S. The summed E-state index contributed by atoms with van der Waals surface area (Å²) in [5, 5.41) is 11.6. The lowest BCUT2D eigenvalue weighted by molar-refractivity contribution is -0.137. The zero-order valence-corrected chi connectivity index (χ0v) is 23.9. The highest BCUT2D eigenvalue weighted by atomic mass is 32.2.